The predicted octanol–water partition coefficient (Wildman–Crippen LogP) is 3.03. The fraction of sp³-hybridized carbons (Fsp3) is 0.571. The number of ether oxygens (including phenoxy) is 1. The van der Waals surface area contributed by atoms with Gasteiger partial charge in [-0.05, 0) is 17.5 Å². The van der Waals surface area contributed by atoms with Crippen LogP contribution in [0.2, 0.25) is 0 Å². The predicted molar refractivity (Wildman–Crippen MR) is 67.1 cm³/mol. The van der Waals surface area contributed by atoms with Crippen molar-refractivity contribution in [1.82, 2.24) is 5.01 Å². The first-order valence-electron chi connectivity index (χ1n) is 6.82. The lowest BCUT2D eigenvalue weighted by atomic mass is 9.85. The summed E-state index contributed by atoms with van der Waals surface area (Å²) in [6.45, 7) is 3.20. The van der Waals surface area contributed by atoms with E-state index in [9.17, 15) is 0 Å². The van der Waals surface area contributed by atoms with Gasteiger partial charge in [0.05, 0.1) is 0 Å². The number of rotatable bonds is 3. The van der Waals surface area contributed by atoms with E-state index < -0.39 is 0 Å². The van der Waals surface area contributed by atoms with Gasteiger partial charge in [-0.1, -0.05) is 42.8 Å². The Morgan fingerprint density at radius 1 is 1.22 bits per heavy atom. The van der Waals surface area contributed by atoms with E-state index >= 15 is 0 Å². The number of hydrogen-bond donors (Lipinski definition) is 0. The van der Waals surface area contributed by atoms with Crippen LogP contribution in [-0.2, 0) is 4.74 Å². The summed E-state index contributed by atoms with van der Waals surface area (Å²) < 4.78 is 6.12. The van der Waals surface area contributed by atoms with Crippen molar-refractivity contribution in [3.8, 4) is 0 Å². The van der Waals surface area contributed by atoms with E-state index in [0.717, 1.165) is 6.54 Å². The van der Waals surface area contributed by atoms with Crippen molar-refractivity contribution in [2.75, 3.05) is 6.54 Å². The van der Waals surface area contributed by atoms with Crippen LogP contribution in [-0.4, -0.2) is 23.6 Å². The number of fused-ring (bicyclic) bond motifs is 8. The van der Waals surface area contributed by atoms with Crippen molar-refractivity contribution >= 4 is 0 Å². The third-order valence-corrected chi connectivity index (χ3v) is 4.26. The molecule has 0 radical (unpaired) electrons. The molecule has 94 valence electrons. The van der Waals surface area contributed by atoms with Crippen LogP contribution in [0.25, 0.3) is 0 Å². The quantitative estimate of drug-likeness (QED) is 0.818. The van der Waals surface area contributed by atoms with Gasteiger partial charge in [0.15, 0.2) is 0 Å². The van der Waals surface area contributed by atoms with E-state index in [-0.39, 0.29) is 18.2 Å². The van der Waals surface area contributed by atoms with Crippen molar-refractivity contribution in [2.24, 2.45) is 10.3 Å². The molecule has 0 spiro atoms. The highest BCUT2D eigenvalue weighted by atomic mass is 16.5. The Morgan fingerprint density at radius 3 is 2.78 bits per heavy atom. The van der Waals surface area contributed by atoms with Crippen LogP contribution in [0, 0.1) is 0 Å². The Morgan fingerprint density at radius 2 is 2.00 bits per heavy atom. The van der Waals surface area contributed by atoms with E-state index in [0.29, 0.717) is 6.04 Å². The Balaban J connectivity index is 1.66. The standard InChI is InChI=1S/C14H17N3O/c1-2-3-8-17-12-11(15-16-17)13-9-6-4-5-7-10(9)14(12)18-13/h4-7,11-14H,2-3,8H2,1H3. The number of benzene rings is 1. The first-order valence-corrected chi connectivity index (χ1v) is 6.82. The van der Waals surface area contributed by atoms with Crippen LogP contribution in [0.15, 0.2) is 34.6 Å². The molecule has 3 aliphatic rings. The molecule has 1 saturated heterocycles. The summed E-state index contributed by atoms with van der Waals surface area (Å²) in [6, 6.07) is 9.07. The minimum Gasteiger partial charge on any atom is -0.361 e. The first-order chi connectivity index (χ1) is 8.90. The SMILES string of the molecule is CCCCN1N=NC2C3OC(c4ccccc43)C21. The Labute approximate surface area is 107 Å². The molecule has 0 N–H and O–H groups in total. The van der Waals surface area contributed by atoms with Gasteiger partial charge in [-0.2, -0.15) is 5.11 Å². The minimum atomic E-state index is 0.131. The van der Waals surface area contributed by atoms with Gasteiger partial charge >= 0.3 is 0 Å². The van der Waals surface area contributed by atoms with E-state index in [2.05, 4.69) is 46.5 Å². The van der Waals surface area contributed by atoms with E-state index in [4.69, 9.17) is 4.74 Å². The highest BCUT2D eigenvalue weighted by Crippen LogP contribution is 2.55. The molecule has 0 aromatic heterocycles. The molecular weight excluding hydrogens is 226 g/mol. The highest BCUT2D eigenvalue weighted by Gasteiger charge is 2.57. The average molecular weight is 243 g/mol. The van der Waals surface area contributed by atoms with Crippen LogP contribution in [0.4, 0.5) is 0 Å². The summed E-state index contributed by atoms with van der Waals surface area (Å²) in [5.41, 5.74) is 2.66. The molecule has 3 heterocycles. The van der Waals surface area contributed by atoms with Crippen molar-refractivity contribution in [1.29, 1.82) is 0 Å². The molecule has 3 aliphatic heterocycles. The van der Waals surface area contributed by atoms with Crippen molar-refractivity contribution < 1.29 is 4.74 Å². The second-order valence-electron chi connectivity index (χ2n) is 5.31. The number of nitrogens with zero attached hydrogens (tertiary/aromatic N) is 3. The molecule has 2 bridgehead atoms. The van der Waals surface area contributed by atoms with E-state index in [1.165, 1.54) is 24.0 Å². The summed E-state index contributed by atoms with van der Waals surface area (Å²) >= 11 is 0. The maximum Gasteiger partial charge on any atom is 0.128 e. The Hall–Kier alpha value is -1.42. The Kier molecular flexibility index (Phi) is 2.21. The molecule has 1 fully saturated rings. The molecule has 1 aromatic carbocycles. The average Bonchev–Trinajstić information content (AvgIpc) is 3.07. The van der Waals surface area contributed by atoms with Crippen molar-refractivity contribution in [3.05, 3.63) is 35.4 Å². The molecule has 0 amide bonds. The topological polar surface area (TPSA) is 37.2 Å². The summed E-state index contributed by atoms with van der Waals surface area (Å²) in [4.78, 5) is 0. The van der Waals surface area contributed by atoms with Gasteiger partial charge in [-0.15, -0.1) is 0 Å². The fourth-order valence-corrected chi connectivity index (χ4v) is 3.38. The number of hydrogen-bond acceptors (Lipinski definition) is 4. The number of unbranched alkanes of at least 4 members (excludes halogenated alkanes) is 1. The second-order valence-corrected chi connectivity index (χ2v) is 5.31. The maximum atomic E-state index is 6.12. The summed E-state index contributed by atoms with van der Waals surface area (Å²) in [7, 11) is 0. The smallest absolute Gasteiger partial charge is 0.128 e. The zero-order valence-electron chi connectivity index (χ0n) is 10.5. The van der Waals surface area contributed by atoms with Gasteiger partial charge in [0.2, 0.25) is 0 Å². The lowest BCUT2D eigenvalue weighted by Gasteiger charge is -2.27. The van der Waals surface area contributed by atoms with Crippen molar-refractivity contribution in [2.45, 2.75) is 44.1 Å². The zero-order valence-corrected chi connectivity index (χ0v) is 10.5. The van der Waals surface area contributed by atoms with Crippen LogP contribution >= 0.6 is 0 Å². The zero-order chi connectivity index (χ0) is 12.1. The van der Waals surface area contributed by atoms with Gasteiger partial charge in [0.25, 0.3) is 0 Å². The largest absolute Gasteiger partial charge is 0.361 e. The molecule has 4 rings (SSSR count). The second kappa shape index (κ2) is 3.79. The molecule has 4 unspecified atom stereocenters. The third kappa shape index (κ3) is 1.24. The van der Waals surface area contributed by atoms with E-state index in [1.807, 2.05) is 0 Å². The lowest BCUT2D eigenvalue weighted by molar-refractivity contribution is 0.0381. The van der Waals surface area contributed by atoms with Crippen LogP contribution in [0.1, 0.15) is 43.1 Å². The van der Waals surface area contributed by atoms with Gasteiger partial charge in [-0.3, -0.25) is 5.01 Å². The Bertz CT molecular complexity index is 502. The molecule has 4 atom stereocenters. The summed E-state index contributed by atoms with van der Waals surface area (Å²) in [5, 5.41) is 10.9. The van der Waals surface area contributed by atoms with Gasteiger partial charge in [-0.25, -0.2) is 0 Å². The van der Waals surface area contributed by atoms with Gasteiger partial charge in [0.1, 0.15) is 24.3 Å². The summed E-state index contributed by atoms with van der Waals surface area (Å²) in [6.07, 6.45) is 2.66. The van der Waals surface area contributed by atoms with Crippen LogP contribution in [0.3, 0.4) is 0 Å². The molecule has 4 heteroatoms. The molecule has 1 aromatic rings. The van der Waals surface area contributed by atoms with Crippen LogP contribution < -0.4 is 0 Å². The highest BCUT2D eigenvalue weighted by molar-refractivity contribution is 5.41. The minimum absolute atomic E-state index is 0.131. The molecular formula is C14H17N3O. The fourth-order valence-electron chi connectivity index (χ4n) is 3.38. The molecule has 4 nitrogen and oxygen atoms in total. The van der Waals surface area contributed by atoms with Crippen LogP contribution in [0.5, 0.6) is 0 Å². The third-order valence-electron chi connectivity index (χ3n) is 4.26. The monoisotopic (exact) mass is 243 g/mol. The van der Waals surface area contributed by atoms with Crippen molar-refractivity contribution in [3.63, 3.8) is 0 Å². The van der Waals surface area contributed by atoms with E-state index in [1.54, 1.807) is 0 Å². The maximum absolute atomic E-state index is 6.12. The van der Waals surface area contributed by atoms with Gasteiger partial charge in [0, 0.05) is 6.54 Å². The lowest BCUT2D eigenvalue weighted by Crippen LogP contribution is -2.38. The molecule has 18 heavy (non-hydrogen) atoms. The van der Waals surface area contributed by atoms with Gasteiger partial charge < -0.3 is 4.74 Å². The normalized spacial score (nSPS) is 35.1. The molecule has 0 aliphatic carbocycles. The molecule has 0 saturated carbocycles. The first kappa shape index (κ1) is 10.5. The summed E-state index contributed by atoms with van der Waals surface area (Å²) in [5.74, 6) is 0.